The number of methoxy groups -OCH3 is 1. The van der Waals surface area contributed by atoms with Gasteiger partial charge in [0.2, 0.25) is 0 Å². The van der Waals surface area contributed by atoms with Gasteiger partial charge in [-0.1, -0.05) is 18.2 Å². The molecule has 0 radical (unpaired) electrons. The van der Waals surface area contributed by atoms with Crippen molar-refractivity contribution in [3.8, 4) is 16.2 Å². The second-order valence-corrected chi connectivity index (χ2v) is 6.68. The molecule has 1 aromatic heterocycles. The van der Waals surface area contributed by atoms with Gasteiger partial charge in [0, 0.05) is 23.1 Å². The first-order valence-corrected chi connectivity index (χ1v) is 8.91. The summed E-state index contributed by atoms with van der Waals surface area (Å²) in [5.74, 6) is -0.547. The van der Waals surface area contributed by atoms with Gasteiger partial charge in [-0.05, 0) is 36.4 Å². The average Bonchev–Trinajstić information content (AvgIpc) is 3.17. The number of benzene rings is 2. The van der Waals surface area contributed by atoms with Crippen LogP contribution in [0, 0.1) is 5.82 Å². The fraction of sp³-hybridized carbons (Fsp3) is 0.100. The van der Waals surface area contributed by atoms with Crippen LogP contribution in [0.1, 0.15) is 20.0 Å². The number of hydrogen-bond acceptors (Lipinski definition) is 4. The lowest BCUT2D eigenvalue weighted by molar-refractivity contribution is 0.0961. The molecule has 0 aliphatic carbocycles. The molecular weight excluding hydrogens is 367 g/mol. The third-order valence-corrected chi connectivity index (χ3v) is 5.02. The third-order valence-electron chi connectivity index (χ3n) is 3.91. The van der Waals surface area contributed by atoms with Crippen LogP contribution in [0.5, 0.6) is 5.75 Å². The fourth-order valence-corrected chi connectivity index (χ4v) is 3.47. The Morgan fingerprint density at radius 2 is 1.81 bits per heavy atom. The van der Waals surface area contributed by atoms with Crippen LogP contribution in [0.15, 0.2) is 54.6 Å². The lowest BCUT2D eigenvalue weighted by Gasteiger charge is -2.11. The summed E-state index contributed by atoms with van der Waals surface area (Å²) in [5, 5.41) is 5.28. The summed E-state index contributed by atoms with van der Waals surface area (Å²) in [6.07, 6.45) is 0. The molecule has 0 bridgehead atoms. The lowest BCUT2D eigenvalue weighted by atomic mass is 10.1. The number of hydrogen-bond donors (Lipinski definition) is 2. The van der Waals surface area contributed by atoms with Crippen molar-refractivity contribution in [2.45, 2.75) is 0 Å². The Morgan fingerprint density at radius 3 is 2.52 bits per heavy atom. The second kappa shape index (κ2) is 8.01. The number of ether oxygens (including phenoxy) is 1. The summed E-state index contributed by atoms with van der Waals surface area (Å²) in [6, 6.07) is 14.5. The van der Waals surface area contributed by atoms with Crippen LogP contribution >= 0.6 is 11.3 Å². The molecule has 0 saturated carbocycles. The lowest BCUT2D eigenvalue weighted by Crippen LogP contribution is -2.18. The first-order chi connectivity index (χ1) is 13.0. The molecule has 2 aromatic carbocycles. The Morgan fingerprint density at radius 1 is 1.04 bits per heavy atom. The fourth-order valence-electron chi connectivity index (χ4n) is 2.54. The molecule has 2 N–H and O–H groups in total. The van der Waals surface area contributed by atoms with Gasteiger partial charge < -0.3 is 15.4 Å². The summed E-state index contributed by atoms with van der Waals surface area (Å²) in [4.78, 5) is 25.5. The van der Waals surface area contributed by atoms with E-state index in [0.29, 0.717) is 32.3 Å². The van der Waals surface area contributed by atoms with Crippen molar-refractivity contribution < 1.29 is 18.7 Å². The average molecular weight is 384 g/mol. The Balaban J connectivity index is 1.86. The summed E-state index contributed by atoms with van der Waals surface area (Å²) < 4.78 is 19.2. The zero-order chi connectivity index (χ0) is 19.4. The Bertz CT molecular complexity index is 1000. The summed E-state index contributed by atoms with van der Waals surface area (Å²) >= 11 is 1.18. The smallest absolute Gasteiger partial charge is 0.265 e. The van der Waals surface area contributed by atoms with Crippen molar-refractivity contribution in [2.75, 3.05) is 19.5 Å². The summed E-state index contributed by atoms with van der Waals surface area (Å²) in [7, 11) is 3.01. The van der Waals surface area contributed by atoms with Gasteiger partial charge in [-0.2, -0.15) is 0 Å². The van der Waals surface area contributed by atoms with Crippen molar-refractivity contribution in [2.24, 2.45) is 0 Å². The Labute approximate surface area is 159 Å². The maximum absolute atomic E-state index is 13.9. The second-order valence-electron chi connectivity index (χ2n) is 5.59. The molecule has 27 heavy (non-hydrogen) atoms. The van der Waals surface area contributed by atoms with Gasteiger partial charge in [0.05, 0.1) is 17.7 Å². The van der Waals surface area contributed by atoms with Gasteiger partial charge in [-0.25, -0.2) is 4.39 Å². The predicted molar refractivity (Wildman–Crippen MR) is 104 cm³/mol. The number of carbonyl (C=O) groups excluding carboxylic acids is 2. The van der Waals surface area contributed by atoms with E-state index in [2.05, 4.69) is 10.6 Å². The van der Waals surface area contributed by atoms with E-state index >= 15 is 0 Å². The number of amides is 2. The van der Waals surface area contributed by atoms with Gasteiger partial charge in [0.1, 0.15) is 11.6 Å². The van der Waals surface area contributed by atoms with Gasteiger partial charge in [0.15, 0.2) is 0 Å². The van der Waals surface area contributed by atoms with Crippen molar-refractivity contribution in [1.82, 2.24) is 5.32 Å². The van der Waals surface area contributed by atoms with Crippen LogP contribution in [-0.4, -0.2) is 26.0 Å². The van der Waals surface area contributed by atoms with E-state index in [0.717, 1.165) is 0 Å². The van der Waals surface area contributed by atoms with E-state index in [1.165, 1.54) is 31.6 Å². The van der Waals surface area contributed by atoms with Crippen molar-refractivity contribution in [3.63, 3.8) is 0 Å². The number of halogens is 1. The zero-order valence-corrected chi connectivity index (χ0v) is 15.5. The maximum Gasteiger partial charge on any atom is 0.265 e. The van der Waals surface area contributed by atoms with E-state index < -0.39 is 0 Å². The van der Waals surface area contributed by atoms with Crippen LogP contribution in [0.4, 0.5) is 10.1 Å². The quantitative estimate of drug-likeness (QED) is 0.694. The molecule has 0 aliphatic rings. The molecule has 2 amide bonds. The number of thiophene rings is 1. The number of anilines is 1. The first-order valence-electron chi connectivity index (χ1n) is 8.09. The molecule has 3 aromatic rings. The molecule has 0 saturated heterocycles. The highest BCUT2D eigenvalue weighted by atomic mass is 32.1. The minimum atomic E-state index is -0.366. The van der Waals surface area contributed by atoms with Gasteiger partial charge in [-0.3, -0.25) is 9.59 Å². The van der Waals surface area contributed by atoms with E-state index in [4.69, 9.17) is 4.74 Å². The van der Waals surface area contributed by atoms with Crippen LogP contribution in [-0.2, 0) is 0 Å². The highest BCUT2D eigenvalue weighted by molar-refractivity contribution is 7.17. The zero-order valence-electron chi connectivity index (χ0n) is 14.7. The molecule has 3 rings (SSSR count). The Hall–Kier alpha value is -3.19. The number of nitrogens with one attached hydrogen (secondary N) is 2. The number of rotatable bonds is 5. The van der Waals surface area contributed by atoms with Gasteiger partial charge >= 0.3 is 0 Å². The largest absolute Gasteiger partial charge is 0.495 e. The Kier molecular flexibility index (Phi) is 5.52. The molecular formula is C20H17FN2O3S. The molecule has 138 valence electrons. The van der Waals surface area contributed by atoms with Crippen LogP contribution in [0.25, 0.3) is 10.4 Å². The topological polar surface area (TPSA) is 67.4 Å². The molecule has 0 atom stereocenters. The molecule has 0 unspecified atom stereocenters. The van der Waals surface area contributed by atoms with Crippen molar-refractivity contribution in [3.05, 3.63) is 70.9 Å². The SMILES string of the molecule is CNC(=O)c1ccc(OC)c(NC(=O)c2ccc(-c3ccccc3F)s2)c1. The summed E-state index contributed by atoms with van der Waals surface area (Å²) in [6.45, 7) is 0. The molecule has 0 fully saturated rings. The molecule has 0 aliphatic heterocycles. The van der Waals surface area contributed by atoms with Crippen molar-refractivity contribution >= 4 is 28.8 Å². The first kappa shape index (κ1) is 18.6. The van der Waals surface area contributed by atoms with E-state index in [1.54, 1.807) is 48.5 Å². The molecule has 0 spiro atoms. The highest BCUT2D eigenvalue weighted by Crippen LogP contribution is 2.31. The molecule has 5 nitrogen and oxygen atoms in total. The minimum absolute atomic E-state index is 0.272. The maximum atomic E-state index is 13.9. The van der Waals surface area contributed by atoms with Crippen LogP contribution in [0.3, 0.4) is 0 Å². The van der Waals surface area contributed by atoms with E-state index in [-0.39, 0.29) is 17.6 Å². The van der Waals surface area contributed by atoms with E-state index in [1.807, 2.05) is 0 Å². The predicted octanol–water partition coefficient (Wildman–Crippen LogP) is 4.17. The number of carbonyl (C=O) groups is 2. The normalized spacial score (nSPS) is 10.3. The monoisotopic (exact) mass is 384 g/mol. The van der Waals surface area contributed by atoms with Gasteiger partial charge in [-0.15, -0.1) is 11.3 Å². The van der Waals surface area contributed by atoms with Crippen molar-refractivity contribution in [1.29, 1.82) is 0 Å². The van der Waals surface area contributed by atoms with Gasteiger partial charge in [0.25, 0.3) is 11.8 Å². The molecule has 7 heteroatoms. The van der Waals surface area contributed by atoms with Crippen LogP contribution in [0.2, 0.25) is 0 Å². The highest BCUT2D eigenvalue weighted by Gasteiger charge is 2.16. The van der Waals surface area contributed by atoms with Crippen LogP contribution < -0.4 is 15.4 Å². The standard InChI is InChI=1S/C20H17FN2O3S/c1-22-19(24)12-7-8-16(26-2)15(11-12)23-20(25)18-10-9-17(27-18)13-5-3-4-6-14(13)21/h3-11H,1-2H3,(H,22,24)(H,23,25). The van der Waals surface area contributed by atoms with E-state index in [9.17, 15) is 14.0 Å². The summed E-state index contributed by atoms with van der Waals surface area (Å²) in [5.41, 5.74) is 1.22. The minimum Gasteiger partial charge on any atom is -0.495 e. The third kappa shape index (κ3) is 3.98. The molecule has 1 heterocycles.